The van der Waals surface area contributed by atoms with Crippen molar-refractivity contribution in [3.05, 3.63) is 48.2 Å². The van der Waals surface area contributed by atoms with Gasteiger partial charge in [0.1, 0.15) is 6.29 Å². The van der Waals surface area contributed by atoms with Crippen molar-refractivity contribution in [2.24, 2.45) is 0 Å². The molecule has 0 spiro atoms. The molecule has 0 aromatic heterocycles. The Labute approximate surface area is 82.7 Å². The van der Waals surface area contributed by atoms with Gasteiger partial charge in [0.25, 0.3) is 0 Å². The summed E-state index contributed by atoms with van der Waals surface area (Å²) in [5.41, 5.74) is 0.729. The van der Waals surface area contributed by atoms with Gasteiger partial charge in [-0.05, 0) is 6.92 Å². The third-order valence-electron chi connectivity index (χ3n) is 1.24. The van der Waals surface area contributed by atoms with Gasteiger partial charge in [0.2, 0.25) is 0 Å². The van der Waals surface area contributed by atoms with Crippen molar-refractivity contribution in [1.82, 2.24) is 0 Å². The molecular weight excluding hydrogens is 180 g/mol. The Kier molecular flexibility index (Phi) is 6.68. The van der Waals surface area contributed by atoms with Crippen LogP contribution in [-0.4, -0.2) is 17.2 Å². The zero-order valence-corrected chi connectivity index (χ0v) is 7.88. The minimum atomic E-state index is -0.141. The van der Waals surface area contributed by atoms with Crippen LogP contribution in [0.4, 0.5) is 0 Å². The molecule has 0 heterocycles. The standard InChI is InChI=1S/C7H6O.C4H6O2/c8-6-7-4-2-1-3-5-7;1-4(6)2-3-5/h1-6H;2-3,5H,1H3. The molecule has 0 radical (unpaired) electrons. The fourth-order valence-corrected chi connectivity index (χ4v) is 0.637. The second-order valence-electron chi connectivity index (χ2n) is 2.45. The van der Waals surface area contributed by atoms with Crippen LogP contribution in [0.15, 0.2) is 42.7 Å². The maximum atomic E-state index is 10.0. The normalized spacial score (nSPS) is 8.93. The molecule has 0 saturated carbocycles. The number of rotatable bonds is 2. The highest BCUT2D eigenvalue weighted by atomic mass is 16.2. The lowest BCUT2D eigenvalue weighted by molar-refractivity contribution is -0.112. The zero-order chi connectivity index (χ0) is 10.8. The second-order valence-corrected chi connectivity index (χ2v) is 2.45. The minimum Gasteiger partial charge on any atom is -0.515 e. The topological polar surface area (TPSA) is 54.4 Å². The van der Waals surface area contributed by atoms with E-state index in [4.69, 9.17) is 5.11 Å². The summed E-state index contributed by atoms with van der Waals surface area (Å²) in [6.07, 6.45) is 2.64. The van der Waals surface area contributed by atoms with Crippen LogP contribution in [0.2, 0.25) is 0 Å². The van der Waals surface area contributed by atoms with Crippen molar-refractivity contribution in [2.45, 2.75) is 6.92 Å². The molecule has 0 atom stereocenters. The number of aliphatic hydroxyl groups excluding tert-OH is 1. The van der Waals surface area contributed by atoms with Crippen molar-refractivity contribution < 1.29 is 14.7 Å². The molecule has 0 aliphatic rings. The van der Waals surface area contributed by atoms with E-state index in [1.54, 1.807) is 12.1 Å². The predicted octanol–water partition coefficient (Wildman–Crippen LogP) is 2.15. The third kappa shape index (κ3) is 6.79. The van der Waals surface area contributed by atoms with Crippen LogP contribution in [0, 0.1) is 0 Å². The Morgan fingerprint density at radius 1 is 1.29 bits per heavy atom. The molecule has 0 unspecified atom stereocenters. The SMILES string of the molecule is CC(=O)C=CO.O=Cc1ccccc1. The molecule has 0 bridgehead atoms. The van der Waals surface area contributed by atoms with Gasteiger partial charge in [-0.2, -0.15) is 0 Å². The molecule has 1 N–H and O–H groups in total. The van der Waals surface area contributed by atoms with E-state index in [2.05, 4.69) is 0 Å². The smallest absolute Gasteiger partial charge is 0.155 e. The number of aliphatic hydroxyl groups is 1. The molecule has 3 nitrogen and oxygen atoms in total. The van der Waals surface area contributed by atoms with E-state index in [-0.39, 0.29) is 5.78 Å². The quantitative estimate of drug-likeness (QED) is 0.443. The van der Waals surface area contributed by atoms with Crippen LogP contribution in [-0.2, 0) is 4.79 Å². The molecule has 14 heavy (non-hydrogen) atoms. The Morgan fingerprint density at radius 3 is 2.07 bits per heavy atom. The van der Waals surface area contributed by atoms with Crippen molar-refractivity contribution in [1.29, 1.82) is 0 Å². The molecule has 1 aromatic carbocycles. The fraction of sp³-hybridized carbons (Fsp3) is 0.0909. The maximum absolute atomic E-state index is 10.0. The van der Waals surface area contributed by atoms with Gasteiger partial charge in [-0.1, -0.05) is 30.3 Å². The molecule has 3 heteroatoms. The molecule has 0 aliphatic heterocycles. The first-order chi connectivity index (χ1) is 6.70. The number of benzene rings is 1. The first kappa shape index (κ1) is 12.1. The summed E-state index contributed by atoms with van der Waals surface area (Å²) in [6, 6.07) is 9.10. The molecule has 0 saturated heterocycles. The number of allylic oxidation sites excluding steroid dienone is 1. The number of aldehydes is 1. The average Bonchev–Trinajstić information content (AvgIpc) is 2.20. The highest BCUT2D eigenvalue weighted by molar-refractivity contribution is 5.86. The summed E-state index contributed by atoms with van der Waals surface area (Å²) in [6.45, 7) is 1.37. The van der Waals surface area contributed by atoms with Gasteiger partial charge in [-0.15, -0.1) is 0 Å². The number of hydrogen-bond donors (Lipinski definition) is 1. The van der Waals surface area contributed by atoms with Crippen molar-refractivity contribution in [3.8, 4) is 0 Å². The molecular formula is C11H12O3. The van der Waals surface area contributed by atoms with Crippen molar-refractivity contribution in [2.75, 3.05) is 0 Å². The first-order valence-corrected chi connectivity index (χ1v) is 4.02. The Morgan fingerprint density at radius 2 is 1.86 bits per heavy atom. The largest absolute Gasteiger partial charge is 0.515 e. The van der Waals surface area contributed by atoms with Crippen LogP contribution in [0.1, 0.15) is 17.3 Å². The van der Waals surface area contributed by atoms with Gasteiger partial charge in [-0.3, -0.25) is 9.59 Å². The zero-order valence-electron chi connectivity index (χ0n) is 7.88. The summed E-state index contributed by atoms with van der Waals surface area (Å²) in [4.78, 5) is 19.8. The van der Waals surface area contributed by atoms with E-state index in [0.29, 0.717) is 0 Å². The van der Waals surface area contributed by atoms with E-state index in [1.807, 2.05) is 18.2 Å². The molecule has 1 aromatic rings. The second kappa shape index (κ2) is 7.73. The Hall–Kier alpha value is -1.90. The monoisotopic (exact) mass is 192 g/mol. The lowest BCUT2D eigenvalue weighted by Crippen LogP contribution is -1.77. The van der Waals surface area contributed by atoms with Gasteiger partial charge in [0.05, 0.1) is 6.26 Å². The van der Waals surface area contributed by atoms with Crippen molar-refractivity contribution >= 4 is 12.1 Å². The lowest BCUT2D eigenvalue weighted by Gasteiger charge is -1.81. The van der Waals surface area contributed by atoms with Crippen LogP contribution in [0.5, 0.6) is 0 Å². The highest BCUT2D eigenvalue weighted by Gasteiger charge is 1.80. The van der Waals surface area contributed by atoms with Crippen molar-refractivity contribution in [3.63, 3.8) is 0 Å². The summed E-state index contributed by atoms with van der Waals surface area (Å²) in [7, 11) is 0. The van der Waals surface area contributed by atoms with Gasteiger partial charge >= 0.3 is 0 Å². The number of ketones is 1. The summed E-state index contributed by atoms with van der Waals surface area (Å²) < 4.78 is 0. The van der Waals surface area contributed by atoms with Crippen LogP contribution in [0.3, 0.4) is 0 Å². The highest BCUT2D eigenvalue weighted by Crippen LogP contribution is 1.91. The Bertz CT molecular complexity index is 302. The fourth-order valence-electron chi connectivity index (χ4n) is 0.637. The van der Waals surface area contributed by atoms with E-state index in [1.165, 1.54) is 6.92 Å². The molecule has 0 fully saturated rings. The van der Waals surface area contributed by atoms with E-state index >= 15 is 0 Å². The van der Waals surface area contributed by atoms with Crippen LogP contribution < -0.4 is 0 Å². The summed E-state index contributed by atoms with van der Waals surface area (Å²) in [5.74, 6) is -0.141. The Balaban J connectivity index is 0.000000255. The first-order valence-electron chi connectivity index (χ1n) is 4.02. The minimum absolute atomic E-state index is 0.141. The average molecular weight is 192 g/mol. The van der Waals surface area contributed by atoms with Gasteiger partial charge in [-0.25, -0.2) is 0 Å². The molecule has 0 amide bonds. The van der Waals surface area contributed by atoms with Crippen LogP contribution in [0.25, 0.3) is 0 Å². The predicted molar refractivity (Wildman–Crippen MR) is 54.3 cm³/mol. The third-order valence-corrected chi connectivity index (χ3v) is 1.24. The number of carbonyl (C=O) groups excluding carboxylic acids is 2. The maximum Gasteiger partial charge on any atom is 0.155 e. The number of hydrogen-bond acceptors (Lipinski definition) is 3. The molecule has 1 rings (SSSR count). The van der Waals surface area contributed by atoms with Crippen LogP contribution >= 0.6 is 0 Å². The molecule has 74 valence electrons. The van der Waals surface area contributed by atoms with E-state index in [0.717, 1.165) is 24.2 Å². The number of carbonyl (C=O) groups is 2. The molecule has 0 aliphatic carbocycles. The summed E-state index contributed by atoms with van der Waals surface area (Å²) in [5, 5.41) is 7.84. The lowest BCUT2D eigenvalue weighted by atomic mass is 10.2. The summed E-state index contributed by atoms with van der Waals surface area (Å²) >= 11 is 0. The van der Waals surface area contributed by atoms with Gasteiger partial charge in [0, 0.05) is 11.6 Å². The van der Waals surface area contributed by atoms with Gasteiger partial charge < -0.3 is 5.11 Å². The van der Waals surface area contributed by atoms with Gasteiger partial charge in [0.15, 0.2) is 5.78 Å². The van der Waals surface area contributed by atoms with E-state index < -0.39 is 0 Å². The van der Waals surface area contributed by atoms with E-state index in [9.17, 15) is 9.59 Å².